The molecule has 0 spiro atoms. The molecule has 2 aromatic carbocycles. The number of aryl methyl sites for hydroxylation is 3. The SMILES string of the molecule is Cc1cccc(-n2c(CCc3ccccc3)nnc2SCC(=O)NCc2ccco2)c1. The summed E-state index contributed by atoms with van der Waals surface area (Å²) in [6.07, 6.45) is 3.23. The maximum absolute atomic E-state index is 12.3. The fourth-order valence-corrected chi connectivity index (χ4v) is 4.06. The molecular formula is C24H24N4O2S. The number of hydrogen-bond acceptors (Lipinski definition) is 5. The average Bonchev–Trinajstić information content (AvgIpc) is 3.45. The molecule has 0 fully saturated rings. The van der Waals surface area contributed by atoms with Crippen molar-refractivity contribution in [2.75, 3.05) is 5.75 Å². The van der Waals surface area contributed by atoms with Gasteiger partial charge < -0.3 is 9.73 Å². The molecule has 0 radical (unpaired) electrons. The van der Waals surface area contributed by atoms with Gasteiger partial charge in [0, 0.05) is 12.1 Å². The quantitative estimate of drug-likeness (QED) is 0.398. The lowest BCUT2D eigenvalue weighted by molar-refractivity contribution is -0.118. The van der Waals surface area contributed by atoms with Gasteiger partial charge in [0.05, 0.1) is 18.6 Å². The number of rotatable bonds is 9. The first kappa shape index (κ1) is 20.9. The second-order valence-corrected chi connectivity index (χ2v) is 8.15. The number of benzene rings is 2. The van der Waals surface area contributed by atoms with Gasteiger partial charge in [0.25, 0.3) is 0 Å². The van der Waals surface area contributed by atoms with Crippen molar-refractivity contribution >= 4 is 17.7 Å². The summed E-state index contributed by atoms with van der Waals surface area (Å²) >= 11 is 1.38. The van der Waals surface area contributed by atoms with Gasteiger partial charge >= 0.3 is 0 Å². The minimum Gasteiger partial charge on any atom is -0.467 e. The molecule has 4 aromatic rings. The highest BCUT2D eigenvalue weighted by molar-refractivity contribution is 7.99. The molecular weight excluding hydrogens is 408 g/mol. The molecule has 0 aliphatic carbocycles. The number of thioether (sulfide) groups is 1. The summed E-state index contributed by atoms with van der Waals surface area (Å²) in [5.41, 5.74) is 3.42. The maximum atomic E-state index is 12.3. The molecule has 0 aliphatic heterocycles. The van der Waals surface area contributed by atoms with Crippen LogP contribution in [0, 0.1) is 6.92 Å². The van der Waals surface area contributed by atoms with E-state index in [2.05, 4.69) is 51.3 Å². The molecule has 0 atom stereocenters. The predicted octanol–water partition coefficient (Wildman–Crippen LogP) is 4.36. The van der Waals surface area contributed by atoms with Crippen molar-refractivity contribution in [1.29, 1.82) is 0 Å². The highest BCUT2D eigenvalue weighted by Gasteiger charge is 2.16. The van der Waals surface area contributed by atoms with E-state index in [-0.39, 0.29) is 11.7 Å². The number of carbonyl (C=O) groups excluding carboxylic acids is 1. The molecule has 0 aliphatic rings. The molecule has 1 amide bonds. The van der Waals surface area contributed by atoms with E-state index < -0.39 is 0 Å². The highest BCUT2D eigenvalue weighted by atomic mass is 32.2. The zero-order valence-corrected chi connectivity index (χ0v) is 18.1. The third kappa shape index (κ3) is 5.64. The van der Waals surface area contributed by atoms with Crippen LogP contribution in [0.25, 0.3) is 5.69 Å². The molecule has 158 valence electrons. The van der Waals surface area contributed by atoms with Crippen molar-refractivity contribution in [2.24, 2.45) is 0 Å². The van der Waals surface area contributed by atoms with Gasteiger partial charge in [-0.05, 0) is 48.7 Å². The second kappa shape index (κ2) is 10.1. The first-order valence-corrected chi connectivity index (χ1v) is 11.1. The molecule has 0 saturated carbocycles. The predicted molar refractivity (Wildman–Crippen MR) is 121 cm³/mol. The van der Waals surface area contributed by atoms with Gasteiger partial charge in [0.15, 0.2) is 5.16 Å². The van der Waals surface area contributed by atoms with Crippen LogP contribution >= 0.6 is 11.8 Å². The van der Waals surface area contributed by atoms with E-state index >= 15 is 0 Å². The van der Waals surface area contributed by atoms with Crippen LogP contribution in [0.3, 0.4) is 0 Å². The smallest absolute Gasteiger partial charge is 0.230 e. The van der Waals surface area contributed by atoms with Crippen molar-refractivity contribution < 1.29 is 9.21 Å². The van der Waals surface area contributed by atoms with Gasteiger partial charge in [0.2, 0.25) is 5.91 Å². The summed E-state index contributed by atoms with van der Waals surface area (Å²) in [5.74, 6) is 1.78. The van der Waals surface area contributed by atoms with Gasteiger partial charge in [-0.1, -0.05) is 54.2 Å². The van der Waals surface area contributed by atoms with Crippen LogP contribution in [0.1, 0.15) is 22.7 Å². The van der Waals surface area contributed by atoms with Gasteiger partial charge in [0.1, 0.15) is 11.6 Å². The molecule has 1 N–H and O–H groups in total. The van der Waals surface area contributed by atoms with E-state index in [1.807, 2.05) is 36.4 Å². The summed E-state index contributed by atoms with van der Waals surface area (Å²) < 4.78 is 7.31. The summed E-state index contributed by atoms with van der Waals surface area (Å²) in [6, 6.07) is 22.2. The Morgan fingerprint density at radius 3 is 2.68 bits per heavy atom. The van der Waals surface area contributed by atoms with Crippen LogP contribution in [0.15, 0.2) is 82.6 Å². The molecule has 0 unspecified atom stereocenters. The van der Waals surface area contributed by atoms with E-state index in [9.17, 15) is 4.79 Å². The number of carbonyl (C=O) groups is 1. The van der Waals surface area contributed by atoms with Crippen LogP contribution in [0.5, 0.6) is 0 Å². The van der Waals surface area contributed by atoms with E-state index in [4.69, 9.17) is 4.42 Å². The Morgan fingerprint density at radius 2 is 1.90 bits per heavy atom. The highest BCUT2D eigenvalue weighted by Crippen LogP contribution is 2.23. The Kier molecular flexibility index (Phi) is 6.84. The van der Waals surface area contributed by atoms with E-state index in [0.717, 1.165) is 35.7 Å². The molecule has 7 heteroatoms. The minimum atomic E-state index is -0.0778. The monoisotopic (exact) mass is 432 g/mol. The summed E-state index contributed by atoms with van der Waals surface area (Å²) in [6.45, 7) is 2.44. The molecule has 0 bridgehead atoms. The van der Waals surface area contributed by atoms with E-state index in [0.29, 0.717) is 11.7 Å². The normalized spacial score (nSPS) is 10.9. The molecule has 31 heavy (non-hydrogen) atoms. The third-order valence-electron chi connectivity index (χ3n) is 4.81. The summed E-state index contributed by atoms with van der Waals surface area (Å²) in [5, 5.41) is 12.4. The standard InChI is InChI=1S/C24H24N4O2S/c1-18-7-5-10-20(15-18)28-22(13-12-19-8-3-2-4-9-19)26-27-24(28)31-17-23(29)25-16-21-11-6-14-30-21/h2-11,14-15H,12-13,16-17H2,1H3,(H,25,29). The number of nitrogens with zero attached hydrogens (tertiary/aromatic N) is 3. The summed E-state index contributed by atoms with van der Waals surface area (Å²) in [4.78, 5) is 12.3. The Morgan fingerprint density at radius 1 is 1.03 bits per heavy atom. The van der Waals surface area contributed by atoms with Crippen molar-refractivity contribution in [3.05, 3.63) is 95.7 Å². The van der Waals surface area contributed by atoms with E-state index in [1.165, 1.54) is 17.3 Å². The Bertz CT molecular complexity index is 1120. The topological polar surface area (TPSA) is 73.0 Å². The molecule has 0 saturated heterocycles. The Labute approximate surface area is 185 Å². The zero-order chi connectivity index (χ0) is 21.5. The lowest BCUT2D eigenvalue weighted by Crippen LogP contribution is -2.24. The van der Waals surface area contributed by atoms with Crippen LogP contribution in [-0.4, -0.2) is 26.4 Å². The van der Waals surface area contributed by atoms with Gasteiger partial charge in [-0.3, -0.25) is 9.36 Å². The van der Waals surface area contributed by atoms with Crippen LogP contribution in [0.2, 0.25) is 0 Å². The van der Waals surface area contributed by atoms with E-state index in [1.54, 1.807) is 12.3 Å². The average molecular weight is 433 g/mol. The maximum Gasteiger partial charge on any atom is 0.230 e. The van der Waals surface area contributed by atoms with Crippen molar-refractivity contribution in [3.8, 4) is 5.69 Å². The number of amides is 1. The molecule has 2 aromatic heterocycles. The Hall–Kier alpha value is -3.32. The van der Waals surface area contributed by atoms with Crippen molar-refractivity contribution in [1.82, 2.24) is 20.1 Å². The van der Waals surface area contributed by atoms with Crippen molar-refractivity contribution in [2.45, 2.75) is 31.5 Å². The zero-order valence-electron chi connectivity index (χ0n) is 17.3. The fraction of sp³-hybridized carbons (Fsp3) is 0.208. The van der Waals surface area contributed by atoms with Gasteiger partial charge in [-0.2, -0.15) is 0 Å². The number of furan rings is 1. The molecule has 4 rings (SSSR count). The van der Waals surface area contributed by atoms with Crippen LogP contribution in [0.4, 0.5) is 0 Å². The number of aromatic nitrogens is 3. The van der Waals surface area contributed by atoms with Crippen molar-refractivity contribution in [3.63, 3.8) is 0 Å². The molecule has 6 nitrogen and oxygen atoms in total. The Balaban J connectivity index is 1.48. The number of hydrogen-bond donors (Lipinski definition) is 1. The van der Waals surface area contributed by atoms with Crippen LogP contribution in [-0.2, 0) is 24.2 Å². The van der Waals surface area contributed by atoms with Gasteiger partial charge in [-0.15, -0.1) is 10.2 Å². The minimum absolute atomic E-state index is 0.0778. The lowest BCUT2D eigenvalue weighted by Gasteiger charge is -2.11. The summed E-state index contributed by atoms with van der Waals surface area (Å²) in [7, 11) is 0. The fourth-order valence-electron chi connectivity index (χ4n) is 3.26. The number of nitrogens with one attached hydrogen (secondary N) is 1. The second-order valence-electron chi connectivity index (χ2n) is 7.20. The lowest BCUT2D eigenvalue weighted by atomic mass is 10.1. The first-order chi connectivity index (χ1) is 15.2. The first-order valence-electron chi connectivity index (χ1n) is 10.2. The molecule has 2 heterocycles. The third-order valence-corrected chi connectivity index (χ3v) is 5.74. The van der Waals surface area contributed by atoms with Crippen LogP contribution < -0.4 is 5.32 Å². The largest absolute Gasteiger partial charge is 0.467 e. The van der Waals surface area contributed by atoms with Gasteiger partial charge in [-0.25, -0.2) is 0 Å².